The van der Waals surface area contributed by atoms with Crippen LogP contribution in [0.15, 0.2) is 54.9 Å². The lowest BCUT2D eigenvalue weighted by Gasteiger charge is -2.34. The fraction of sp³-hybridized carbons (Fsp3) is 0.346. The first-order valence-electron chi connectivity index (χ1n) is 12.0. The number of carbonyl (C=O) groups is 1. The van der Waals surface area contributed by atoms with Gasteiger partial charge in [0.05, 0.1) is 19.7 Å². The van der Waals surface area contributed by atoms with Crippen LogP contribution in [0.1, 0.15) is 24.8 Å². The zero-order valence-corrected chi connectivity index (χ0v) is 19.8. The minimum absolute atomic E-state index is 0.0502. The number of anilines is 4. The Morgan fingerprint density at radius 1 is 1.03 bits per heavy atom. The summed E-state index contributed by atoms with van der Waals surface area (Å²) in [6.45, 7) is 2.36. The zero-order valence-electron chi connectivity index (χ0n) is 19.8. The molecule has 2 aliphatic heterocycles. The number of benzene rings is 2. The summed E-state index contributed by atoms with van der Waals surface area (Å²) in [5, 5.41) is 9.72. The molecule has 3 aromatic rings. The number of hydrogen-bond donors (Lipinski definition) is 3. The normalized spacial score (nSPS) is 18.8. The SMILES string of the molecule is COc1ccc2cc1OCCNC(=O)C1CCCCN1Cc1cccc(c1)Nc1cc(ncn1)N2. The highest BCUT2D eigenvalue weighted by Crippen LogP contribution is 2.31. The quantitative estimate of drug-likeness (QED) is 0.489. The van der Waals surface area contributed by atoms with Crippen LogP contribution in [0, 0.1) is 0 Å². The molecule has 0 spiro atoms. The standard InChI is InChI=1S/C26H30N6O3/c1-34-22-9-8-20-14-23(22)35-12-10-27-26(33)21-7-2-3-11-32(21)16-18-5-4-6-19(13-18)30-24-15-25(31-20)29-17-28-24/h4-6,8-9,13-15,17,21H,2-3,7,10-12,16H2,1H3,(H,27,33)(H2,28,29,30,31). The molecule has 3 N–H and O–H groups in total. The summed E-state index contributed by atoms with van der Waals surface area (Å²) in [5.74, 6) is 2.59. The van der Waals surface area contributed by atoms with Crippen molar-refractivity contribution < 1.29 is 14.3 Å². The maximum atomic E-state index is 13.0. The Morgan fingerprint density at radius 2 is 1.86 bits per heavy atom. The molecule has 1 fully saturated rings. The zero-order chi connectivity index (χ0) is 24.0. The van der Waals surface area contributed by atoms with Gasteiger partial charge in [-0.05, 0) is 49.2 Å². The van der Waals surface area contributed by atoms with Crippen molar-refractivity contribution in [1.29, 1.82) is 0 Å². The summed E-state index contributed by atoms with van der Waals surface area (Å²) in [6.07, 6.45) is 4.53. The van der Waals surface area contributed by atoms with Gasteiger partial charge in [0.1, 0.15) is 24.6 Å². The Balaban J connectivity index is 1.46. The molecule has 9 heteroatoms. The van der Waals surface area contributed by atoms with E-state index in [1.54, 1.807) is 7.11 Å². The average Bonchev–Trinajstić information content (AvgIpc) is 2.87. The number of nitrogens with zero attached hydrogens (tertiary/aromatic N) is 3. The number of nitrogens with one attached hydrogen (secondary N) is 3. The lowest BCUT2D eigenvalue weighted by molar-refractivity contribution is -0.128. The van der Waals surface area contributed by atoms with E-state index in [2.05, 4.69) is 43.0 Å². The summed E-state index contributed by atoms with van der Waals surface area (Å²) < 4.78 is 11.4. The molecule has 0 radical (unpaired) electrons. The molecule has 1 amide bonds. The van der Waals surface area contributed by atoms with Gasteiger partial charge in [-0.3, -0.25) is 9.69 Å². The number of ether oxygens (including phenoxy) is 2. The average molecular weight is 475 g/mol. The van der Waals surface area contributed by atoms with Gasteiger partial charge in [-0.25, -0.2) is 9.97 Å². The first kappa shape index (κ1) is 22.9. The Kier molecular flexibility index (Phi) is 6.94. The molecular formula is C26H30N6O3. The van der Waals surface area contributed by atoms with Gasteiger partial charge in [0.15, 0.2) is 11.5 Å². The van der Waals surface area contributed by atoms with Crippen LogP contribution < -0.4 is 25.4 Å². The molecule has 1 saturated heterocycles. The topological polar surface area (TPSA) is 101 Å². The molecule has 9 nitrogen and oxygen atoms in total. The van der Waals surface area contributed by atoms with E-state index in [0.29, 0.717) is 42.8 Å². The maximum Gasteiger partial charge on any atom is 0.237 e. The van der Waals surface area contributed by atoms with E-state index >= 15 is 0 Å². The number of hydrogen-bond acceptors (Lipinski definition) is 8. The molecule has 6 bridgehead atoms. The number of fused-ring (bicyclic) bond motifs is 7. The number of aromatic nitrogens is 2. The summed E-state index contributed by atoms with van der Waals surface area (Å²) in [6, 6.07) is 15.5. The van der Waals surface area contributed by atoms with Crippen LogP contribution in [0.5, 0.6) is 11.5 Å². The number of amides is 1. The van der Waals surface area contributed by atoms with Crippen molar-refractivity contribution in [3.8, 4) is 11.5 Å². The van der Waals surface area contributed by atoms with E-state index < -0.39 is 0 Å². The summed E-state index contributed by atoms with van der Waals surface area (Å²) in [4.78, 5) is 24.0. The van der Waals surface area contributed by atoms with Gasteiger partial charge in [0, 0.05) is 30.1 Å². The van der Waals surface area contributed by atoms with Crippen molar-refractivity contribution in [2.75, 3.05) is 37.4 Å². The van der Waals surface area contributed by atoms with E-state index in [-0.39, 0.29) is 11.9 Å². The monoisotopic (exact) mass is 474 g/mol. The number of methoxy groups -OCH3 is 1. The van der Waals surface area contributed by atoms with Crippen LogP contribution in [0.25, 0.3) is 0 Å². The highest BCUT2D eigenvalue weighted by molar-refractivity contribution is 5.81. The lowest BCUT2D eigenvalue weighted by atomic mass is 10.00. The third-order valence-corrected chi connectivity index (χ3v) is 6.26. The van der Waals surface area contributed by atoms with Crippen molar-refractivity contribution in [2.24, 2.45) is 0 Å². The van der Waals surface area contributed by atoms with Crippen molar-refractivity contribution >= 4 is 28.9 Å². The molecule has 1 aromatic heterocycles. The lowest BCUT2D eigenvalue weighted by Crippen LogP contribution is -2.49. The van der Waals surface area contributed by atoms with E-state index in [4.69, 9.17) is 9.47 Å². The Bertz CT molecular complexity index is 1190. The van der Waals surface area contributed by atoms with Gasteiger partial charge in [-0.1, -0.05) is 18.6 Å². The molecule has 182 valence electrons. The van der Waals surface area contributed by atoms with Gasteiger partial charge >= 0.3 is 0 Å². The van der Waals surface area contributed by atoms with Crippen LogP contribution in [-0.2, 0) is 11.3 Å². The molecule has 35 heavy (non-hydrogen) atoms. The second-order valence-corrected chi connectivity index (χ2v) is 8.73. The van der Waals surface area contributed by atoms with Crippen LogP contribution >= 0.6 is 0 Å². The summed E-state index contributed by atoms with van der Waals surface area (Å²) >= 11 is 0. The van der Waals surface area contributed by atoms with Gasteiger partial charge in [-0.15, -0.1) is 0 Å². The molecular weight excluding hydrogens is 444 g/mol. The fourth-order valence-electron chi connectivity index (χ4n) is 4.57. The van der Waals surface area contributed by atoms with Gasteiger partial charge in [-0.2, -0.15) is 0 Å². The first-order chi connectivity index (χ1) is 17.2. The van der Waals surface area contributed by atoms with Crippen molar-refractivity contribution in [2.45, 2.75) is 31.8 Å². The molecule has 1 atom stereocenters. The highest BCUT2D eigenvalue weighted by Gasteiger charge is 2.28. The maximum absolute atomic E-state index is 13.0. The van der Waals surface area contributed by atoms with Crippen molar-refractivity contribution in [3.63, 3.8) is 0 Å². The highest BCUT2D eigenvalue weighted by atomic mass is 16.5. The van der Waals surface area contributed by atoms with Crippen LogP contribution in [0.3, 0.4) is 0 Å². The van der Waals surface area contributed by atoms with E-state index in [0.717, 1.165) is 42.7 Å². The van der Waals surface area contributed by atoms with Gasteiger partial charge in [0.25, 0.3) is 0 Å². The molecule has 0 saturated carbocycles. The number of rotatable bonds is 1. The Hall–Kier alpha value is -3.85. The van der Waals surface area contributed by atoms with E-state index in [1.807, 2.05) is 36.4 Å². The van der Waals surface area contributed by atoms with Gasteiger partial charge < -0.3 is 25.4 Å². The fourth-order valence-corrected chi connectivity index (χ4v) is 4.57. The van der Waals surface area contributed by atoms with Crippen molar-refractivity contribution in [3.05, 3.63) is 60.4 Å². The molecule has 3 heterocycles. The minimum Gasteiger partial charge on any atom is -0.493 e. The van der Waals surface area contributed by atoms with Gasteiger partial charge in [0.2, 0.25) is 5.91 Å². The molecule has 2 aromatic carbocycles. The first-order valence-corrected chi connectivity index (χ1v) is 12.0. The Morgan fingerprint density at radius 3 is 2.69 bits per heavy atom. The molecule has 2 aliphatic rings. The minimum atomic E-state index is -0.145. The third kappa shape index (κ3) is 5.63. The third-order valence-electron chi connectivity index (χ3n) is 6.26. The van der Waals surface area contributed by atoms with Crippen LogP contribution in [0.4, 0.5) is 23.0 Å². The summed E-state index contributed by atoms with van der Waals surface area (Å²) in [7, 11) is 1.60. The predicted molar refractivity (Wildman–Crippen MR) is 135 cm³/mol. The van der Waals surface area contributed by atoms with Crippen LogP contribution in [-0.4, -0.2) is 53.6 Å². The molecule has 1 unspecified atom stereocenters. The largest absolute Gasteiger partial charge is 0.493 e. The molecule has 5 rings (SSSR count). The number of carbonyl (C=O) groups excluding carboxylic acids is 1. The second kappa shape index (κ2) is 10.6. The molecule has 0 aliphatic carbocycles. The second-order valence-electron chi connectivity index (χ2n) is 8.73. The summed E-state index contributed by atoms with van der Waals surface area (Å²) in [5.41, 5.74) is 2.88. The van der Waals surface area contributed by atoms with Crippen LogP contribution in [0.2, 0.25) is 0 Å². The van der Waals surface area contributed by atoms with E-state index in [1.165, 1.54) is 6.33 Å². The van der Waals surface area contributed by atoms with E-state index in [9.17, 15) is 4.79 Å². The predicted octanol–water partition coefficient (Wildman–Crippen LogP) is 3.84. The number of piperidine rings is 1. The smallest absolute Gasteiger partial charge is 0.237 e. The Labute approximate surface area is 204 Å². The van der Waals surface area contributed by atoms with Crippen molar-refractivity contribution in [1.82, 2.24) is 20.2 Å².